The number of hydrogen-bond donors (Lipinski definition) is 0. The summed E-state index contributed by atoms with van der Waals surface area (Å²) in [4.78, 5) is 30.3. The highest BCUT2D eigenvalue weighted by atomic mass is 19.4. The Morgan fingerprint density at radius 3 is 2.68 bits per heavy atom. The van der Waals surface area contributed by atoms with Crippen LogP contribution >= 0.6 is 0 Å². The molecular weight excluding hydrogens is 382 g/mol. The molecule has 1 saturated heterocycles. The van der Waals surface area contributed by atoms with E-state index in [1.807, 2.05) is 0 Å². The number of amides is 1. The maximum absolute atomic E-state index is 13.1. The van der Waals surface area contributed by atoms with Crippen molar-refractivity contribution in [3.05, 3.63) is 45.9 Å². The lowest BCUT2D eigenvalue weighted by atomic mass is 10.0. The van der Waals surface area contributed by atoms with Crippen molar-refractivity contribution in [2.24, 2.45) is 0 Å². The van der Waals surface area contributed by atoms with Gasteiger partial charge in [0.25, 0.3) is 0 Å². The van der Waals surface area contributed by atoms with E-state index in [-0.39, 0.29) is 31.2 Å². The molecule has 2 aliphatic rings. The Hall–Kier alpha value is -2.72. The van der Waals surface area contributed by atoms with E-state index >= 15 is 0 Å². The molecule has 7 nitrogen and oxygen atoms in total. The third-order valence-electron chi connectivity index (χ3n) is 4.97. The predicted octanol–water partition coefficient (Wildman–Crippen LogP) is 1.56. The number of likely N-dealkylation sites (tertiary alicyclic amines) is 1. The SMILES string of the molecule is O=C([C@@H]1CCCc2nn(Cc3cccc(C(F)(F)F)n3)c(=O)n21)N1CC(F)C1. The van der Waals surface area contributed by atoms with Crippen molar-refractivity contribution in [3.8, 4) is 0 Å². The third-order valence-corrected chi connectivity index (χ3v) is 4.97. The second kappa shape index (κ2) is 6.71. The van der Waals surface area contributed by atoms with Gasteiger partial charge in [-0.25, -0.2) is 18.9 Å². The van der Waals surface area contributed by atoms with E-state index in [0.717, 1.165) is 10.7 Å². The quantitative estimate of drug-likeness (QED) is 0.735. The van der Waals surface area contributed by atoms with Crippen molar-refractivity contribution in [1.29, 1.82) is 0 Å². The fraction of sp³-hybridized carbons (Fsp3) is 0.529. The van der Waals surface area contributed by atoms with E-state index < -0.39 is 29.8 Å². The summed E-state index contributed by atoms with van der Waals surface area (Å²) in [6.45, 7) is -0.205. The summed E-state index contributed by atoms with van der Waals surface area (Å²) >= 11 is 0. The summed E-state index contributed by atoms with van der Waals surface area (Å²) < 4.78 is 53.9. The van der Waals surface area contributed by atoms with Gasteiger partial charge in [0, 0.05) is 6.42 Å². The fourth-order valence-corrected chi connectivity index (χ4v) is 3.56. The Balaban J connectivity index is 1.61. The summed E-state index contributed by atoms with van der Waals surface area (Å²) in [6.07, 6.45) is -4.07. The Labute approximate surface area is 156 Å². The molecule has 1 amide bonds. The second-order valence-corrected chi connectivity index (χ2v) is 6.99. The van der Waals surface area contributed by atoms with Crippen LogP contribution in [0.4, 0.5) is 17.6 Å². The molecule has 0 saturated carbocycles. The van der Waals surface area contributed by atoms with Gasteiger partial charge in [0.1, 0.15) is 23.7 Å². The molecule has 150 valence electrons. The molecule has 11 heteroatoms. The van der Waals surface area contributed by atoms with E-state index in [9.17, 15) is 27.2 Å². The lowest BCUT2D eigenvalue weighted by molar-refractivity contribution is -0.143. The van der Waals surface area contributed by atoms with E-state index in [0.29, 0.717) is 25.1 Å². The molecule has 0 bridgehead atoms. The van der Waals surface area contributed by atoms with Crippen molar-refractivity contribution in [2.45, 2.75) is 44.2 Å². The first kappa shape index (κ1) is 18.6. The first-order valence-corrected chi connectivity index (χ1v) is 8.88. The van der Waals surface area contributed by atoms with Crippen LogP contribution < -0.4 is 5.69 Å². The number of aromatic nitrogens is 4. The highest BCUT2D eigenvalue weighted by molar-refractivity contribution is 5.81. The number of rotatable bonds is 3. The number of aryl methyl sites for hydroxylation is 1. The molecule has 2 aromatic heterocycles. The Kier molecular flexibility index (Phi) is 4.47. The van der Waals surface area contributed by atoms with Gasteiger partial charge in [0.15, 0.2) is 0 Å². The van der Waals surface area contributed by atoms with Crippen molar-refractivity contribution < 1.29 is 22.4 Å². The second-order valence-electron chi connectivity index (χ2n) is 6.99. The van der Waals surface area contributed by atoms with E-state index in [1.165, 1.54) is 21.6 Å². The van der Waals surface area contributed by atoms with Gasteiger partial charge >= 0.3 is 11.9 Å². The number of hydrogen-bond acceptors (Lipinski definition) is 4. The maximum atomic E-state index is 13.1. The van der Waals surface area contributed by atoms with Crippen molar-refractivity contribution in [1.82, 2.24) is 24.2 Å². The number of alkyl halides is 4. The largest absolute Gasteiger partial charge is 0.433 e. The molecule has 0 unspecified atom stereocenters. The number of carbonyl (C=O) groups is 1. The molecule has 2 aliphatic heterocycles. The van der Waals surface area contributed by atoms with Crippen LogP contribution in [0, 0.1) is 0 Å². The van der Waals surface area contributed by atoms with Crippen LogP contribution in [0.15, 0.2) is 23.0 Å². The van der Waals surface area contributed by atoms with Crippen LogP contribution in [0.5, 0.6) is 0 Å². The maximum Gasteiger partial charge on any atom is 0.433 e. The summed E-state index contributed by atoms with van der Waals surface area (Å²) in [7, 11) is 0. The van der Waals surface area contributed by atoms with Crippen molar-refractivity contribution >= 4 is 5.91 Å². The highest BCUT2D eigenvalue weighted by Gasteiger charge is 2.38. The van der Waals surface area contributed by atoms with Crippen LogP contribution in [-0.4, -0.2) is 49.4 Å². The molecule has 28 heavy (non-hydrogen) atoms. The summed E-state index contributed by atoms with van der Waals surface area (Å²) in [5.74, 6) is 0.0765. The molecule has 0 radical (unpaired) electrons. The zero-order valence-corrected chi connectivity index (χ0v) is 14.7. The van der Waals surface area contributed by atoms with Gasteiger partial charge in [0.05, 0.1) is 25.3 Å². The van der Waals surface area contributed by atoms with Crippen LogP contribution in [0.1, 0.15) is 36.1 Å². The summed E-state index contributed by atoms with van der Waals surface area (Å²) in [5, 5.41) is 4.19. The van der Waals surface area contributed by atoms with Gasteiger partial charge in [-0.1, -0.05) is 6.07 Å². The van der Waals surface area contributed by atoms with Crippen molar-refractivity contribution in [2.75, 3.05) is 13.1 Å². The molecule has 4 heterocycles. The summed E-state index contributed by atoms with van der Waals surface area (Å²) in [6, 6.07) is 2.69. The molecule has 2 aromatic rings. The number of pyridine rings is 1. The Bertz CT molecular complexity index is 961. The smallest absolute Gasteiger partial charge is 0.335 e. The number of halogens is 4. The molecule has 1 atom stereocenters. The zero-order chi connectivity index (χ0) is 20.1. The minimum absolute atomic E-state index is 0.0156. The molecule has 0 spiro atoms. The van der Waals surface area contributed by atoms with Gasteiger partial charge in [-0.15, -0.1) is 0 Å². The van der Waals surface area contributed by atoms with Gasteiger partial charge in [-0.2, -0.15) is 18.3 Å². The molecular formula is C17H17F4N5O2. The standard InChI is InChI=1S/C17H17F4N5O2/c18-10-7-24(8-10)15(27)12-4-2-6-14-23-25(16(28)26(12)14)9-11-3-1-5-13(22-11)17(19,20)21/h1,3,5,10,12H,2,4,6-9H2/t12-/m0/s1. The number of fused-ring (bicyclic) bond motifs is 1. The fourth-order valence-electron chi connectivity index (χ4n) is 3.56. The van der Waals surface area contributed by atoms with E-state index in [1.54, 1.807) is 0 Å². The lowest BCUT2D eigenvalue weighted by Gasteiger charge is -2.37. The highest BCUT2D eigenvalue weighted by Crippen LogP contribution is 2.28. The van der Waals surface area contributed by atoms with E-state index in [2.05, 4.69) is 10.1 Å². The first-order valence-electron chi connectivity index (χ1n) is 8.88. The predicted molar refractivity (Wildman–Crippen MR) is 88.3 cm³/mol. The van der Waals surface area contributed by atoms with Gasteiger partial charge in [-0.3, -0.25) is 9.36 Å². The average Bonchev–Trinajstić information content (AvgIpc) is 2.94. The number of nitrogens with zero attached hydrogens (tertiary/aromatic N) is 5. The minimum Gasteiger partial charge on any atom is -0.335 e. The van der Waals surface area contributed by atoms with Crippen LogP contribution in [0.3, 0.4) is 0 Å². The molecule has 4 rings (SSSR count). The first-order chi connectivity index (χ1) is 13.2. The van der Waals surface area contributed by atoms with Gasteiger partial charge in [0.2, 0.25) is 5.91 Å². The van der Waals surface area contributed by atoms with Crippen LogP contribution in [-0.2, 0) is 23.9 Å². The molecule has 0 N–H and O–H groups in total. The van der Waals surface area contributed by atoms with Crippen LogP contribution in [0.25, 0.3) is 0 Å². The van der Waals surface area contributed by atoms with Crippen LogP contribution in [0.2, 0.25) is 0 Å². The molecule has 1 fully saturated rings. The van der Waals surface area contributed by atoms with E-state index in [4.69, 9.17) is 0 Å². The molecule has 0 aliphatic carbocycles. The topological polar surface area (TPSA) is 73.0 Å². The normalized spacial score (nSPS) is 20.0. The van der Waals surface area contributed by atoms with Gasteiger partial charge < -0.3 is 4.90 Å². The van der Waals surface area contributed by atoms with Gasteiger partial charge in [-0.05, 0) is 25.0 Å². The summed E-state index contributed by atoms with van der Waals surface area (Å²) in [5.41, 5.74) is -1.59. The Morgan fingerprint density at radius 1 is 1.25 bits per heavy atom. The third kappa shape index (κ3) is 3.29. The van der Waals surface area contributed by atoms with Crippen molar-refractivity contribution in [3.63, 3.8) is 0 Å². The monoisotopic (exact) mass is 399 g/mol. The minimum atomic E-state index is -4.59. The molecule has 0 aromatic carbocycles. The average molecular weight is 399 g/mol. The number of carbonyl (C=O) groups excluding carboxylic acids is 1. The zero-order valence-electron chi connectivity index (χ0n) is 14.7. The Morgan fingerprint density at radius 2 is 2.00 bits per heavy atom. The lowest BCUT2D eigenvalue weighted by Crippen LogP contribution is -2.54.